The maximum Gasteiger partial charge on any atom is 0.191 e. The van der Waals surface area contributed by atoms with Gasteiger partial charge >= 0.3 is 0 Å². The van der Waals surface area contributed by atoms with E-state index in [9.17, 15) is 0 Å². The number of rotatable bonds is 11. The van der Waals surface area contributed by atoms with Gasteiger partial charge in [-0.1, -0.05) is 31.2 Å². The van der Waals surface area contributed by atoms with Crippen LogP contribution in [0.1, 0.15) is 52.2 Å². The van der Waals surface area contributed by atoms with E-state index in [0.29, 0.717) is 12.1 Å². The summed E-state index contributed by atoms with van der Waals surface area (Å²) in [4.78, 5) is 9.18. The lowest BCUT2D eigenvalue weighted by Crippen LogP contribution is -2.41. The zero-order valence-electron chi connectivity index (χ0n) is 19.0. The van der Waals surface area contributed by atoms with Gasteiger partial charge in [-0.15, -0.1) is 24.0 Å². The van der Waals surface area contributed by atoms with E-state index in [4.69, 9.17) is 0 Å². The van der Waals surface area contributed by atoms with Crippen molar-refractivity contribution in [2.45, 2.75) is 66.2 Å². The van der Waals surface area contributed by atoms with Gasteiger partial charge in [0, 0.05) is 45.3 Å². The summed E-state index contributed by atoms with van der Waals surface area (Å²) in [7, 11) is 3.98. The molecule has 0 unspecified atom stereocenters. The largest absolute Gasteiger partial charge is 0.356 e. The first-order valence-corrected chi connectivity index (χ1v) is 10.3. The Morgan fingerprint density at radius 3 is 2.29 bits per heavy atom. The lowest BCUT2D eigenvalue weighted by molar-refractivity contribution is 0.173. The predicted octanol–water partition coefficient (Wildman–Crippen LogP) is 3.93. The third-order valence-electron chi connectivity index (χ3n) is 4.88. The molecule has 0 radical (unpaired) electrons. The minimum atomic E-state index is 0. The molecule has 2 N–H and O–H groups in total. The summed E-state index contributed by atoms with van der Waals surface area (Å²) >= 11 is 0. The summed E-state index contributed by atoms with van der Waals surface area (Å²) in [5.41, 5.74) is 2.63. The highest BCUT2D eigenvalue weighted by molar-refractivity contribution is 14.0. The van der Waals surface area contributed by atoms with Crippen molar-refractivity contribution in [2.24, 2.45) is 4.99 Å². The summed E-state index contributed by atoms with van der Waals surface area (Å²) in [5, 5.41) is 6.86. The molecule has 0 fully saturated rings. The van der Waals surface area contributed by atoms with Crippen LogP contribution in [0.2, 0.25) is 0 Å². The van der Waals surface area contributed by atoms with Gasteiger partial charge in [0.15, 0.2) is 5.96 Å². The molecule has 0 saturated carbocycles. The molecule has 0 aliphatic rings. The van der Waals surface area contributed by atoms with Crippen molar-refractivity contribution in [1.82, 2.24) is 20.4 Å². The van der Waals surface area contributed by atoms with Gasteiger partial charge in [0.1, 0.15) is 0 Å². The molecule has 0 aromatic heterocycles. The number of hydrogen-bond donors (Lipinski definition) is 2. The van der Waals surface area contributed by atoms with Crippen LogP contribution in [0.5, 0.6) is 0 Å². The average molecular weight is 504 g/mol. The molecular formula is C22H42IN5. The van der Waals surface area contributed by atoms with Gasteiger partial charge < -0.3 is 15.5 Å². The van der Waals surface area contributed by atoms with Crippen LogP contribution < -0.4 is 10.6 Å². The molecule has 1 aromatic rings. The van der Waals surface area contributed by atoms with Gasteiger partial charge in [-0.3, -0.25) is 9.89 Å². The summed E-state index contributed by atoms with van der Waals surface area (Å²) in [6.45, 7) is 16.1. The second kappa shape index (κ2) is 15.0. The molecule has 0 aliphatic heterocycles. The van der Waals surface area contributed by atoms with E-state index < -0.39 is 0 Å². The fourth-order valence-corrected chi connectivity index (χ4v) is 3.25. The molecule has 6 heteroatoms. The molecule has 0 aliphatic carbocycles. The lowest BCUT2D eigenvalue weighted by atomic mass is 10.1. The zero-order valence-corrected chi connectivity index (χ0v) is 21.3. The molecule has 0 amide bonds. The Balaban J connectivity index is 0.00000729. The molecule has 1 rings (SSSR count). The Hall–Kier alpha value is -0.860. The minimum Gasteiger partial charge on any atom is -0.356 e. The van der Waals surface area contributed by atoms with E-state index in [1.165, 1.54) is 11.1 Å². The number of nitrogens with one attached hydrogen (secondary N) is 2. The first kappa shape index (κ1) is 27.1. The first-order valence-electron chi connectivity index (χ1n) is 10.3. The molecule has 0 atom stereocenters. The van der Waals surface area contributed by atoms with Crippen molar-refractivity contribution in [2.75, 3.05) is 33.7 Å². The monoisotopic (exact) mass is 503 g/mol. The van der Waals surface area contributed by atoms with E-state index in [1.54, 1.807) is 0 Å². The Morgan fingerprint density at radius 2 is 1.71 bits per heavy atom. The zero-order chi connectivity index (χ0) is 20.2. The van der Waals surface area contributed by atoms with Crippen LogP contribution in [-0.2, 0) is 13.1 Å². The van der Waals surface area contributed by atoms with Crippen LogP contribution in [0.3, 0.4) is 0 Å². The van der Waals surface area contributed by atoms with Gasteiger partial charge in [-0.2, -0.15) is 0 Å². The van der Waals surface area contributed by atoms with Crippen LogP contribution in [0.25, 0.3) is 0 Å². The van der Waals surface area contributed by atoms with Crippen molar-refractivity contribution in [3.63, 3.8) is 0 Å². The predicted molar refractivity (Wildman–Crippen MR) is 134 cm³/mol. The molecule has 0 bridgehead atoms. The lowest BCUT2D eigenvalue weighted by Gasteiger charge is -2.30. The van der Waals surface area contributed by atoms with Crippen LogP contribution in [0.4, 0.5) is 0 Å². The topological polar surface area (TPSA) is 42.9 Å². The van der Waals surface area contributed by atoms with E-state index in [2.05, 4.69) is 91.4 Å². The van der Waals surface area contributed by atoms with Crippen molar-refractivity contribution in [3.8, 4) is 0 Å². The number of halogens is 1. The molecule has 0 spiro atoms. The molecule has 1 aromatic carbocycles. The van der Waals surface area contributed by atoms with Crippen LogP contribution >= 0.6 is 24.0 Å². The number of aliphatic imine (C=N–C) groups is 1. The fourth-order valence-electron chi connectivity index (χ4n) is 3.25. The third-order valence-corrected chi connectivity index (χ3v) is 4.88. The number of nitrogens with zero attached hydrogens (tertiary/aromatic N) is 3. The Labute approximate surface area is 190 Å². The fraction of sp³-hybridized carbons (Fsp3) is 0.682. The Morgan fingerprint density at radius 1 is 1.07 bits per heavy atom. The van der Waals surface area contributed by atoms with Crippen molar-refractivity contribution in [1.29, 1.82) is 0 Å². The normalized spacial score (nSPS) is 12.0. The Bertz CT molecular complexity index is 552. The van der Waals surface area contributed by atoms with E-state index >= 15 is 0 Å². The highest BCUT2D eigenvalue weighted by atomic mass is 127. The van der Waals surface area contributed by atoms with Crippen molar-refractivity contribution >= 4 is 29.9 Å². The maximum atomic E-state index is 4.35. The Kier molecular flexibility index (Phi) is 14.6. The molecule has 28 heavy (non-hydrogen) atoms. The third kappa shape index (κ3) is 10.6. The van der Waals surface area contributed by atoms with E-state index in [1.807, 2.05) is 7.05 Å². The molecule has 0 heterocycles. The summed E-state index contributed by atoms with van der Waals surface area (Å²) in [5.74, 6) is 0.867. The molecule has 0 saturated heterocycles. The van der Waals surface area contributed by atoms with Crippen LogP contribution in [0.15, 0.2) is 29.3 Å². The van der Waals surface area contributed by atoms with Crippen molar-refractivity contribution in [3.05, 3.63) is 35.4 Å². The summed E-state index contributed by atoms with van der Waals surface area (Å²) in [6.07, 6.45) is 1.11. The van der Waals surface area contributed by atoms with Gasteiger partial charge in [-0.05, 0) is 58.8 Å². The van der Waals surface area contributed by atoms with E-state index in [-0.39, 0.29) is 24.0 Å². The van der Waals surface area contributed by atoms with Gasteiger partial charge in [-0.25, -0.2) is 0 Å². The first-order chi connectivity index (χ1) is 12.9. The summed E-state index contributed by atoms with van der Waals surface area (Å²) in [6, 6.07) is 9.94. The smallest absolute Gasteiger partial charge is 0.191 e. The SMILES string of the molecule is CCN(C)Cc1cccc(CNC(=NC)NCCCN(C(C)C)C(C)C)c1.I. The number of hydrogen-bond acceptors (Lipinski definition) is 3. The molecule has 5 nitrogen and oxygen atoms in total. The maximum absolute atomic E-state index is 4.35. The second-order valence-electron chi connectivity index (χ2n) is 7.78. The van der Waals surface area contributed by atoms with Crippen LogP contribution in [-0.4, -0.2) is 61.6 Å². The standard InChI is InChI=1S/C22H41N5.HI/c1-8-26(7)17-21-12-9-11-20(15-21)16-25-22(23-6)24-13-10-14-27(18(2)3)19(4)5;/h9,11-12,15,18-19H,8,10,13-14,16-17H2,1-7H3,(H2,23,24,25);1H. The highest BCUT2D eigenvalue weighted by Crippen LogP contribution is 2.08. The second-order valence-corrected chi connectivity index (χ2v) is 7.78. The van der Waals surface area contributed by atoms with Gasteiger partial charge in [0.25, 0.3) is 0 Å². The quantitative estimate of drug-likeness (QED) is 0.208. The molecule has 162 valence electrons. The van der Waals surface area contributed by atoms with Crippen molar-refractivity contribution < 1.29 is 0 Å². The van der Waals surface area contributed by atoms with Gasteiger partial charge in [0.05, 0.1) is 0 Å². The number of benzene rings is 1. The number of guanidine groups is 1. The molecular weight excluding hydrogens is 461 g/mol. The highest BCUT2D eigenvalue weighted by Gasteiger charge is 2.12. The average Bonchev–Trinajstić information content (AvgIpc) is 2.63. The minimum absolute atomic E-state index is 0. The van der Waals surface area contributed by atoms with E-state index in [0.717, 1.165) is 45.1 Å². The van der Waals surface area contributed by atoms with Crippen LogP contribution in [0, 0.1) is 0 Å². The van der Waals surface area contributed by atoms with Gasteiger partial charge in [0.2, 0.25) is 0 Å². The summed E-state index contributed by atoms with van der Waals surface area (Å²) < 4.78 is 0.